The van der Waals surface area contributed by atoms with Gasteiger partial charge in [0.15, 0.2) is 23.2 Å². The number of amides is 1. The number of carbonyl (C=O) groups excluding carboxylic acids is 1. The van der Waals surface area contributed by atoms with Crippen molar-refractivity contribution in [3.63, 3.8) is 0 Å². The molecule has 0 radical (unpaired) electrons. The lowest BCUT2D eigenvalue weighted by atomic mass is 10.0. The van der Waals surface area contributed by atoms with Gasteiger partial charge in [-0.05, 0) is 41.8 Å². The smallest absolute Gasteiger partial charge is 0.243 e. The van der Waals surface area contributed by atoms with Crippen molar-refractivity contribution >= 4 is 22.8 Å². The predicted octanol–water partition coefficient (Wildman–Crippen LogP) is 3.65. The number of fused-ring (bicyclic) bond motifs is 2. The van der Waals surface area contributed by atoms with Crippen LogP contribution >= 0.6 is 0 Å². The standard InChI is InChI=1S/C31H30N6O3/c32-19-24(31(38)33-13-12-22-6-2-1-3-7-22)29-30(35-26-9-5-4-8-25(26)34-29)37-16-14-36(15-17-37)20-23-10-11-27-28(18-23)40-21-39-27/h1-11,18,24H,12-17,20-21H2,(H,33,38)/t24-/m1/s1. The van der Waals surface area contributed by atoms with Crippen LogP contribution in [0.3, 0.4) is 0 Å². The van der Waals surface area contributed by atoms with E-state index >= 15 is 0 Å². The maximum Gasteiger partial charge on any atom is 0.243 e. The molecule has 2 aliphatic heterocycles. The summed E-state index contributed by atoms with van der Waals surface area (Å²) in [6.45, 7) is 4.53. The van der Waals surface area contributed by atoms with E-state index in [9.17, 15) is 10.1 Å². The molecule has 0 aliphatic carbocycles. The maximum absolute atomic E-state index is 13.2. The van der Waals surface area contributed by atoms with E-state index in [1.54, 1.807) is 0 Å². The summed E-state index contributed by atoms with van der Waals surface area (Å²) in [4.78, 5) is 27.5. The monoisotopic (exact) mass is 534 g/mol. The number of carbonyl (C=O) groups is 1. The van der Waals surface area contributed by atoms with Crippen molar-refractivity contribution in [2.45, 2.75) is 18.9 Å². The SMILES string of the molecule is N#C[C@@H](C(=O)NCCc1ccccc1)c1nc2ccccc2nc1N1CCN(Cc2ccc3c(c2)OCO3)CC1. The molecule has 40 heavy (non-hydrogen) atoms. The molecule has 0 unspecified atom stereocenters. The van der Waals surface area contributed by atoms with Gasteiger partial charge < -0.3 is 19.7 Å². The summed E-state index contributed by atoms with van der Waals surface area (Å²) in [6, 6.07) is 25.8. The fourth-order valence-electron chi connectivity index (χ4n) is 5.17. The molecule has 0 saturated carbocycles. The van der Waals surface area contributed by atoms with Crippen LogP contribution in [0.4, 0.5) is 5.82 Å². The summed E-state index contributed by atoms with van der Waals surface area (Å²) in [5, 5.41) is 13.0. The van der Waals surface area contributed by atoms with E-state index in [1.807, 2.05) is 66.7 Å². The molecular weight excluding hydrogens is 504 g/mol. The number of nitrogens with zero attached hydrogens (tertiary/aromatic N) is 5. The Labute approximate surface area is 233 Å². The van der Waals surface area contributed by atoms with Crippen molar-refractivity contribution in [3.8, 4) is 17.6 Å². The highest BCUT2D eigenvalue weighted by Crippen LogP contribution is 2.33. The lowest BCUT2D eigenvalue weighted by molar-refractivity contribution is -0.121. The number of anilines is 1. The summed E-state index contributed by atoms with van der Waals surface area (Å²) < 4.78 is 11.0. The average Bonchev–Trinajstić information content (AvgIpc) is 3.46. The van der Waals surface area contributed by atoms with Gasteiger partial charge in [-0.1, -0.05) is 48.5 Å². The van der Waals surface area contributed by atoms with Crippen LogP contribution in [0.1, 0.15) is 22.7 Å². The third-order valence-electron chi connectivity index (χ3n) is 7.31. The van der Waals surface area contributed by atoms with Gasteiger partial charge >= 0.3 is 0 Å². The number of hydrogen-bond acceptors (Lipinski definition) is 8. The Morgan fingerprint density at radius 1 is 0.900 bits per heavy atom. The molecule has 6 rings (SSSR count). The van der Waals surface area contributed by atoms with Crippen molar-refractivity contribution in [1.82, 2.24) is 20.2 Å². The Kier molecular flexibility index (Phi) is 7.42. The number of aromatic nitrogens is 2. The summed E-state index contributed by atoms with van der Waals surface area (Å²) in [5.74, 6) is 0.760. The Bertz CT molecular complexity index is 1550. The number of nitrogens with one attached hydrogen (secondary N) is 1. The molecule has 3 heterocycles. The van der Waals surface area contributed by atoms with Gasteiger partial charge in [0.05, 0.1) is 17.1 Å². The number of ether oxygens (including phenoxy) is 2. The Morgan fingerprint density at radius 2 is 1.62 bits per heavy atom. The molecule has 1 fully saturated rings. The molecule has 1 aromatic heterocycles. The van der Waals surface area contributed by atoms with Gasteiger partial charge in [-0.15, -0.1) is 0 Å². The van der Waals surface area contributed by atoms with Gasteiger partial charge in [0.2, 0.25) is 12.7 Å². The van der Waals surface area contributed by atoms with Crippen molar-refractivity contribution < 1.29 is 14.3 Å². The minimum absolute atomic E-state index is 0.265. The van der Waals surface area contributed by atoms with E-state index in [2.05, 4.69) is 27.3 Å². The molecule has 202 valence electrons. The van der Waals surface area contributed by atoms with Crippen LogP contribution in [0.15, 0.2) is 72.8 Å². The molecule has 1 amide bonds. The van der Waals surface area contributed by atoms with Crippen LogP contribution in [-0.2, 0) is 17.8 Å². The van der Waals surface area contributed by atoms with Gasteiger partial charge in [0.1, 0.15) is 5.69 Å². The highest BCUT2D eigenvalue weighted by atomic mass is 16.7. The summed E-state index contributed by atoms with van der Waals surface area (Å²) in [5.41, 5.74) is 4.11. The van der Waals surface area contributed by atoms with Crippen molar-refractivity contribution in [2.75, 3.05) is 44.4 Å². The molecular formula is C31H30N6O3. The first-order chi connectivity index (χ1) is 19.7. The van der Waals surface area contributed by atoms with E-state index in [0.29, 0.717) is 43.1 Å². The second kappa shape index (κ2) is 11.6. The molecule has 3 aromatic carbocycles. The number of para-hydroxylation sites is 2. The third kappa shape index (κ3) is 5.53. The van der Waals surface area contributed by atoms with Crippen LogP contribution in [0.25, 0.3) is 11.0 Å². The minimum atomic E-state index is -1.06. The molecule has 1 N–H and O–H groups in total. The quantitative estimate of drug-likeness (QED) is 0.366. The zero-order valence-corrected chi connectivity index (χ0v) is 22.1. The molecule has 2 aliphatic rings. The molecule has 1 atom stereocenters. The van der Waals surface area contributed by atoms with Crippen LogP contribution in [-0.4, -0.2) is 60.3 Å². The predicted molar refractivity (Wildman–Crippen MR) is 151 cm³/mol. The molecule has 0 bridgehead atoms. The fraction of sp³-hybridized carbons (Fsp3) is 0.290. The normalized spacial score (nSPS) is 15.5. The zero-order chi connectivity index (χ0) is 27.3. The summed E-state index contributed by atoms with van der Waals surface area (Å²) >= 11 is 0. The lowest BCUT2D eigenvalue weighted by Gasteiger charge is -2.36. The van der Waals surface area contributed by atoms with Gasteiger partial charge in [-0.25, -0.2) is 9.97 Å². The Morgan fingerprint density at radius 3 is 2.40 bits per heavy atom. The van der Waals surface area contributed by atoms with Crippen LogP contribution < -0.4 is 19.7 Å². The molecule has 9 heteroatoms. The largest absolute Gasteiger partial charge is 0.454 e. The van der Waals surface area contributed by atoms with E-state index < -0.39 is 5.92 Å². The molecule has 9 nitrogen and oxygen atoms in total. The first-order valence-electron chi connectivity index (χ1n) is 13.5. The second-order valence-electron chi connectivity index (χ2n) is 9.96. The maximum atomic E-state index is 13.2. The van der Waals surface area contributed by atoms with Crippen LogP contribution in [0, 0.1) is 11.3 Å². The van der Waals surface area contributed by atoms with E-state index in [0.717, 1.165) is 42.2 Å². The topological polar surface area (TPSA) is 104 Å². The van der Waals surface area contributed by atoms with Gasteiger partial charge in [0, 0.05) is 39.3 Å². The van der Waals surface area contributed by atoms with Crippen LogP contribution in [0.5, 0.6) is 11.5 Å². The molecule has 0 spiro atoms. The fourth-order valence-corrected chi connectivity index (χ4v) is 5.17. The number of benzene rings is 3. The van der Waals surface area contributed by atoms with Crippen LogP contribution in [0.2, 0.25) is 0 Å². The van der Waals surface area contributed by atoms with Crippen molar-refractivity contribution in [3.05, 3.63) is 89.6 Å². The second-order valence-corrected chi connectivity index (χ2v) is 9.96. The first-order valence-corrected chi connectivity index (χ1v) is 13.5. The Hall–Kier alpha value is -4.68. The van der Waals surface area contributed by atoms with Gasteiger partial charge in [-0.3, -0.25) is 9.69 Å². The van der Waals surface area contributed by atoms with E-state index in [4.69, 9.17) is 19.4 Å². The number of rotatable bonds is 8. The van der Waals surface area contributed by atoms with E-state index in [1.165, 1.54) is 5.56 Å². The van der Waals surface area contributed by atoms with Crippen molar-refractivity contribution in [2.24, 2.45) is 0 Å². The third-order valence-corrected chi connectivity index (χ3v) is 7.31. The summed E-state index contributed by atoms with van der Waals surface area (Å²) in [6.07, 6.45) is 0.687. The number of hydrogen-bond donors (Lipinski definition) is 1. The molecule has 4 aromatic rings. The van der Waals surface area contributed by atoms with Gasteiger partial charge in [0.25, 0.3) is 0 Å². The van der Waals surface area contributed by atoms with Gasteiger partial charge in [-0.2, -0.15) is 5.26 Å². The van der Waals surface area contributed by atoms with E-state index in [-0.39, 0.29) is 12.7 Å². The average molecular weight is 535 g/mol. The highest BCUT2D eigenvalue weighted by molar-refractivity contribution is 5.88. The minimum Gasteiger partial charge on any atom is -0.454 e. The highest BCUT2D eigenvalue weighted by Gasteiger charge is 2.30. The zero-order valence-electron chi connectivity index (χ0n) is 22.1. The first kappa shape index (κ1) is 25.6. The number of nitriles is 1. The number of piperazine rings is 1. The van der Waals surface area contributed by atoms with Crippen molar-refractivity contribution in [1.29, 1.82) is 5.26 Å². The lowest BCUT2D eigenvalue weighted by Crippen LogP contribution is -2.47. The molecule has 1 saturated heterocycles. The summed E-state index contributed by atoms with van der Waals surface area (Å²) in [7, 11) is 0. The Balaban J connectivity index is 1.18.